The van der Waals surface area contributed by atoms with Crippen LogP contribution in [0.5, 0.6) is 0 Å². The molecule has 2 heterocycles. The van der Waals surface area contributed by atoms with Crippen molar-refractivity contribution in [2.45, 2.75) is 10.8 Å². The average molecular weight is 304 g/mol. The van der Waals surface area contributed by atoms with Crippen LogP contribution in [0.15, 0.2) is 27.2 Å². The maximum Gasteiger partial charge on any atom is 0.356 e. The number of nitrogens with zero attached hydrogens (tertiary/aromatic N) is 1. The third-order valence-electron chi connectivity index (χ3n) is 2.00. The second-order valence-electron chi connectivity index (χ2n) is 3.20. The summed E-state index contributed by atoms with van der Waals surface area (Å²) in [4.78, 5) is 15.2. The zero-order chi connectivity index (χ0) is 13.2. The van der Waals surface area contributed by atoms with Gasteiger partial charge in [-0.15, -0.1) is 22.7 Å². The molecule has 6 nitrogen and oxygen atoms in total. The van der Waals surface area contributed by atoms with E-state index in [2.05, 4.69) is 9.71 Å². The lowest BCUT2D eigenvalue weighted by molar-refractivity contribution is 0.0687. The standard InChI is InChI=1S/C9H8N2O4S3/c12-8(13)7-9(17-5-10-7)18(14,15)11-4-6-2-1-3-16-6/h1-3,5,11H,4H2,(H,12,13). The number of thiophene rings is 1. The summed E-state index contributed by atoms with van der Waals surface area (Å²) in [7, 11) is -3.84. The first kappa shape index (κ1) is 13.1. The van der Waals surface area contributed by atoms with Gasteiger partial charge in [0.1, 0.15) is 0 Å². The fraction of sp³-hybridized carbons (Fsp3) is 0.111. The van der Waals surface area contributed by atoms with Crippen molar-refractivity contribution in [2.24, 2.45) is 0 Å². The van der Waals surface area contributed by atoms with Crippen LogP contribution in [-0.4, -0.2) is 24.5 Å². The topological polar surface area (TPSA) is 96.4 Å². The van der Waals surface area contributed by atoms with Crippen molar-refractivity contribution in [3.8, 4) is 0 Å². The van der Waals surface area contributed by atoms with Gasteiger partial charge in [-0.1, -0.05) is 6.07 Å². The molecule has 0 amide bonds. The minimum atomic E-state index is -3.84. The number of aromatic nitrogens is 1. The Morgan fingerprint density at radius 2 is 2.22 bits per heavy atom. The normalized spacial score (nSPS) is 11.6. The Bertz CT molecular complexity index is 645. The van der Waals surface area contributed by atoms with Crippen LogP contribution in [0.3, 0.4) is 0 Å². The van der Waals surface area contributed by atoms with Crippen LogP contribution in [0, 0.1) is 0 Å². The molecule has 9 heteroatoms. The molecule has 2 aromatic heterocycles. The Hall–Kier alpha value is -1.29. The van der Waals surface area contributed by atoms with Crippen LogP contribution >= 0.6 is 22.7 Å². The number of hydrogen-bond acceptors (Lipinski definition) is 6. The van der Waals surface area contributed by atoms with Gasteiger partial charge in [-0.3, -0.25) is 0 Å². The van der Waals surface area contributed by atoms with Crippen LogP contribution in [0.1, 0.15) is 15.4 Å². The Labute approximate surface area is 111 Å². The maximum absolute atomic E-state index is 11.9. The third-order valence-corrected chi connectivity index (χ3v) is 5.65. The molecule has 0 saturated carbocycles. The summed E-state index contributed by atoms with van der Waals surface area (Å²) in [5.41, 5.74) is 0.752. The fourth-order valence-electron chi connectivity index (χ4n) is 1.21. The molecule has 2 rings (SSSR count). The Morgan fingerprint density at radius 3 is 2.83 bits per heavy atom. The maximum atomic E-state index is 11.9. The number of sulfonamides is 1. The van der Waals surface area contributed by atoms with E-state index in [9.17, 15) is 13.2 Å². The fourth-order valence-corrected chi connectivity index (χ4v) is 4.14. The van der Waals surface area contributed by atoms with Gasteiger partial charge in [0.25, 0.3) is 10.0 Å². The number of carboxylic acid groups (broad SMARTS) is 1. The molecule has 0 saturated heterocycles. The SMILES string of the molecule is O=C(O)c1ncsc1S(=O)(=O)NCc1cccs1. The van der Waals surface area contributed by atoms with Crippen LogP contribution in [0.4, 0.5) is 0 Å². The molecular formula is C9H8N2O4S3. The van der Waals surface area contributed by atoms with Crippen molar-refractivity contribution >= 4 is 38.7 Å². The van der Waals surface area contributed by atoms with Gasteiger partial charge in [0.2, 0.25) is 0 Å². The van der Waals surface area contributed by atoms with Crippen LogP contribution in [-0.2, 0) is 16.6 Å². The Kier molecular flexibility index (Phi) is 3.76. The number of nitrogens with one attached hydrogen (secondary N) is 1. The van der Waals surface area contributed by atoms with E-state index in [-0.39, 0.29) is 10.8 Å². The molecule has 2 aromatic rings. The summed E-state index contributed by atoms with van der Waals surface area (Å²) in [6.45, 7) is 0.136. The van der Waals surface area contributed by atoms with E-state index in [1.54, 1.807) is 6.07 Å². The summed E-state index contributed by atoms with van der Waals surface area (Å²) >= 11 is 2.20. The van der Waals surface area contributed by atoms with E-state index in [0.717, 1.165) is 16.2 Å². The van der Waals surface area contributed by atoms with Gasteiger partial charge in [-0.25, -0.2) is 22.9 Å². The predicted molar refractivity (Wildman–Crippen MR) is 67.4 cm³/mol. The van der Waals surface area contributed by atoms with E-state index in [1.807, 2.05) is 11.4 Å². The summed E-state index contributed by atoms with van der Waals surface area (Å²) in [6, 6.07) is 3.60. The van der Waals surface area contributed by atoms with Gasteiger partial charge in [0.05, 0.1) is 5.51 Å². The van der Waals surface area contributed by atoms with E-state index in [1.165, 1.54) is 16.8 Å². The molecule has 18 heavy (non-hydrogen) atoms. The third kappa shape index (κ3) is 2.75. The second-order valence-corrected chi connectivity index (χ2v) is 7.05. The molecule has 0 bridgehead atoms. The van der Waals surface area contributed by atoms with Gasteiger partial charge in [0, 0.05) is 11.4 Å². The van der Waals surface area contributed by atoms with Crippen molar-refractivity contribution in [1.82, 2.24) is 9.71 Å². The molecule has 0 atom stereocenters. The molecule has 0 spiro atoms. The molecule has 0 aliphatic carbocycles. The zero-order valence-corrected chi connectivity index (χ0v) is 11.3. The highest BCUT2D eigenvalue weighted by Gasteiger charge is 2.25. The molecular weight excluding hydrogens is 296 g/mol. The number of thiazole rings is 1. The van der Waals surface area contributed by atoms with E-state index in [4.69, 9.17) is 5.11 Å². The number of carboxylic acids is 1. The largest absolute Gasteiger partial charge is 0.476 e. The molecule has 0 radical (unpaired) electrons. The highest BCUT2D eigenvalue weighted by Crippen LogP contribution is 2.20. The molecule has 0 aliphatic rings. The highest BCUT2D eigenvalue weighted by molar-refractivity contribution is 7.91. The van der Waals surface area contributed by atoms with Gasteiger partial charge in [0.15, 0.2) is 9.90 Å². The smallest absolute Gasteiger partial charge is 0.356 e. The van der Waals surface area contributed by atoms with Crippen LogP contribution in [0.25, 0.3) is 0 Å². The summed E-state index contributed by atoms with van der Waals surface area (Å²) in [6.07, 6.45) is 0. The van der Waals surface area contributed by atoms with Gasteiger partial charge in [-0.2, -0.15) is 0 Å². The highest BCUT2D eigenvalue weighted by atomic mass is 32.2. The number of aromatic carboxylic acids is 1. The lowest BCUT2D eigenvalue weighted by atomic mass is 10.5. The quantitative estimate of drug-likeness (QED) is 0.870. The minimum Gasteiger partial charge on any atom is -0.476 e. The second kappa shape index (κ2) is 5.14. The first-order valence-electron chi connectivity index (χ1n) is 4.69. The summed E-state index contributed by atoms with van der Waals surface area (Å²) in [5.74, 6) is -1.35. The number of hydrogen-bond donors (Lipinski definition) is 2. The van der Waals surface area contributed by atoms with E-state index < -0.39 is 21.7 Å². The summed E-state index contributed by atoms with van der Waals surface area (Å²) in [5, 5.41) is 10.7. The van der Waals surface area contributed by atoms with Crippen molar-refractivity contribution in [3.05, 3.63) is 33.6 Å². The Morgan fingerprint density at radius 1 is 1.44 bits per heavy atom. The molecule has 0 unspecified atom stereocenters. The van der Waals surface area contributed by atoms with E-state index >= 15 is 0 Å². The molecule has 96 valence electrons. The van der Waals surface area contributed by atoms with Crippen molar-refractivity contribution in [1.29, 1.82) is 0 Å². The van der Waals surface area contributed by atoms with Gasteiger partial charge >= 0.3 is 5.97 Å². The van der Waals surface area contributed by atoms with Crippen LogP contribution in [0.2, 0.25) is 0 Å². The average Bonchev–Trinajstić information content (AvgIpc) is 2.98. The zero-order valence-electron chi connectivity index (χ0n) is 8.86. The van der Waals surface area contributed by atoms with E-state index in [0.29, 0.717) is 0 Å². The van der Waals surface area contributed by atoms with Crippen molar-refractivity contribution in [3.63, 3.8) is 0 Å². The number of rotatable bonds is 5. The lowest BCUT2D eigenvalue weighted by Crippen LogP contribution is -2.23. The van der Waals surface area contributed by atoms with Crippen molar-refractivity contribution in [2.75, 3.05) is 0 Å². The monoisotopic (exact) mass is 304 g/mol. The minimum absolute atomic E-state index is 0.136. The lowest BCUT2D eigenvalue weighted by Gasteiger charge is -2.03. The van der Waals surface area contributed by atoms with Gasteiger partial charge < -0.3 is 5.11 Å². The number of carbonyl (C=O) groups is 1. The summed E-state index contributed by atoms with van der Waals surface area (Å²) < 4.78 is 25.9. The molecule has 0 aliphatic heterocycles. The van der Waals surface area contributed by atoms with Gasteiger partial charge in [-0.05, 0) is 11.4 Å². The molecule has 0 aromatic carbocycles. The molecule has 0 fully saturated rings. The first-order valence-corrected chi connectivity index (χ1v) is 7.94. The first-order chi connectivity index (χ1) is 8.50. The van der Waals surface area contributed by atoms with Crippen LogP contribution < -0.4 is 4.72 Å². The van der Waals surface area contributed by atoms with Crippen molar-refractivity contribution < 1.29 is 18.3 Å². The Balaban J connectivity index is 2.20. The molecule has 2 N–H and O–H groups in total. The predicted octanol–water partition coefficient (Wildman–Crippen LogP) is 1.38.